The summed E-state index contributed by atoms with van der Waals surface area (Å²) in [6, 6.07) is 0.467. The average molecular weight is 129 g/mol. The standard InChI is InChI=1S/C6H15N3/c1-4-6(2)9-8-5-7-3/h5-6,9H,4H2,1-3H3,(H,7,8). The second-order valence-electron chi connectivity index (χ2n) is 1.99. The van der Waals surface area contributed by atoms with Crippen LogP contribution < -0.4 is 10.7 Å². The zero-order valence-electron chi connectivity index (χ0n) is 6.31. The molecule has 1 unspecified atom stereocenters. The fourth-order valence-electron chi connectivity index (χ4n) is 0.320. The summed E-state index contributed by atoms with van der Waals surface area (Å²) in [4.78, 5) is 0. The summed E-state index contributed by atoms with van der Waals surface area (Å²) in [6.45, 7) is 4.21. The highest BCUT2D eigenvalue weighted by atomic mass is 15.3. The van der Waals surface area contributed by atoms with E-state index in [0.29, 0.717) is 6.04 Å². The number of hydrazone groups is 1. The monoisotopic (exact) mass is 129 g/mol. The lowest BCUT2D eigenvalue weighted by Gasteiger charge is -2.05. The molecule has 2 N–H and O–H groups in total. The van der Waals surface area contributed by atoms with Gasteiger partial charge in [0.25, 0.3) is 0 Å². The van der Waals surface area contributed by atoms with Crippen molar-refractivity contribution in [2.45, 2.75) is 26.3 Å². The molecule has 0 rings (SSSR count). The Hall–Kier alpha value is -0.730. The molecule has 0 aromatic rings. The molecule has 0 radical (unpaired) electrons. The van der Waals surface area contributed by atoms with E-state index in [1.807, 2.05) is 7.05 Å². The van der Waals surface area contributed by atoms with E-state index in [4.69, 9.17) is 0 Å². The minimum Gasteiger partial charge on any atom is -0.378 e. The van der Waals surface area contributed by atoms with Gasteiger partial charge in [0.05, 0.1) is 0 Å². The predicted molar refractivity (Wildman–Crippen MR) is 40.4 cm³/mol. The molecule has 0 aliphatic carbocycles. The first-order valence-electron chi connectivity index (χ1n) is 3.25. The average Bonchev–Trinajstić information content (AvgIpc) is 1.89. The van der Waals surface area contributed by atoms with Crippen LogP contribution in [0.25, 0.3) is 0 Å². The molecule has 9 heavy (non-hydrogen) atoms. The maximum Gasteiger partial charge on any atom is 0.108 e. The van der Waals surface area contributed by atoms with Gasteiger partial charge in [-0.05, 0) is 13.3 Å². The van der Waals surface area contributed by atoms with Gasteiger partial charge < -0.3 is 10.7 Å². The zero-order chi connectivity index (χ0) is 7.11. The van der Waals surface area contributed by atoms with Crippen LogP contribution in [0, 0.1) is 0 Å². The van der Waals surface area contributed by atoms with Crippen molar-refractivity contribution in [2.24, 2.45) is 5.10 Å². The Morgan fingerprint density at radius 1 is 1.67 bits per heavy atom. The summed E-state index contributed by atoms with van der Waals surface area (Å²) in [5, 5.41) is 6.67. The van der Waals surface area contributed by atoms with E-state index < -0.39 is 0 Å². The molecule has 0 fully saturated rings. The lowest BCUT2D eigenvalue weighted by molar-refractivity contribution is 0.558. The molecule has 0 aliphatic rings. The third kappa shape index (κ3) is 5.14. The fourth-order valence-corrected chi connectivity index (χ4v) is 0.320. The summed E-state index contributed by atoms with van der Waals surface area (Å²) in [6.07, 6.45) is 2.73. The Bertz CT molecular complexity index is 80.4. The van der Waals surface area contributed by atoms with Crippen molar-refractivity contribution in [3.63, 3.8) is 0 Å². The summed E-state index contributed by atoms with van der Waals surface area (Å²) in [5.74, 6) is 0. The van der Waals surface area contributed by atoms with E-state index in [0.717, 1.165) is 6.42 Å². The van der Waals surface area contributed by atoms with Gasteiger partial charge in [-0.2, -0.15) is 5.10 Å². The van der Waals surface area contributed by atoms with Crippen LogP contribution in [0.3, 0.4) is 0 Å². The minimum atomic E-state index is 0.467. The molecule has 1 atom stereocenters. The number of nitrogens with zero attached hydrogens (tertiary/aromatic N) is 1. The first-order chi connectivity index (χ1) is 4.31. The van der Waals surface area contributed by atoms with Gasteiger partial charge in [-0.15, -0.1) is 0 Å². The molecule has 54 valence electrons. The van der Waals surface area contributed by atoms with Crippen LogP contribution >= 0.6 is 0 Å². The van der Waals surface area contributed by atoms with Gasteiger partial charge in [-0.1, -0.05) is 6.92 Å². The van der Waals surface area contributed by atoms with Crippen molar-refractivity contribution in [2.75, 3.05) is 7.05 Å². The Balaban J connectivity index is 3.15. The van der Waals surface area contributed by atoms with Crippen LogP contribution in [-0.2, 0) is 0 Å². The normalized spacial score (nSPS) is 13.7. The van der Waals surface area contributed by atoms with Crippen molar-refractivity contribution in [1.29, 1.82) is 0 Å². The van der Waals surface area contributed by atoms with Crippen LogP contribution in [0.15, 0.2) is 5.10 Å². The van der Waals surface area contributed by atoms with Crippen LogP contribution in [-0.4, -0.2) is 19.4 Å². The summed E-state index contributed by atoms with van der Waals surface area (Å²) in [7, 11) is 1.82. The van der Waals surface area contributed by atoms with Gasteiger partial charge in [-0.25, -0.2) is 0 Å². The molecule has 0 saturated carbocycles. The highest BCUT2D eigenvalue weighted by Gasteiger charge is 1.90. The molecule has 0 bridgehead atoms. The smallest absolute Gasteiger partial charge is 0.108 e. The largest absolute Gasteiger partial charge is 0.378 e. The number of nitrogens with one attached hydrogen (secondary N) is 2. The topological polar surface area (TPSA) is 36.4 Å². The third-order valence-electron chi connectivity index (χ3n) is 1.10. The van der Waals surface area contributed by atoms with Crippen molar-refractivity contribution in [3.8, 4) is 0 Å². The van der Waals surface area contributed by atoms with Gasteiger partial charge in [0.2, 0.25) is 0 Å². The SMILES string of the molecule is CCC(C)N/N=C\NC. The number of rotatable bonds is 4. The van der Waals surface area contributed by atoms with Crippen molar-refractivity contribution in [3.05, 3.63) is 0 Å². The Morgan fingerprint density at radius 3 is 2.78 bits per heavy atom. The van der Waals surface area contributed by atoms with Crippen molar-refractivity contribution in [1.82, 2.24) is 10.7 Å². The van der Waals surface area contributed by atoms with Crippen LogP contribution in [0.5, 0.6) is 0 Å². The zero-order valence-corrected chi connectivity index (χ0v) is 6.31. The van der Waals surface area contributed by atoms with Gasteiger partial charge in [-0.3, -0.25) is 0 Å². The van der Waals surface area contributed by atoms with E-state index in [1.165, 1.54) is 0 Å². The second-order valence-corrected chi connectivity index (χ2v) is 1.99. The lowest BCUT2D eigenvalue weighted by Crippen LogP contribution is -2.20. The molecule has 0 aliphatic heterocycles. The third-order valence-corrected chi connectivity index (χ3v) is 1.10. The molecular weight excluding hydrogens is 114 g/mol. The van der Waals surface area contributed by atoms with Crippen LogP contribution in [0.2, 0.25) is 0 Å². The van der Waals surface area contributed by atoms with E-state index in [1.54, 1.807) is 6.34 Å². The van der Waals surface area contributed by atoms with Crippen molar-refractivity contribution >= 4 is 6.34 Å². The van der Waals surface area contributed by atoms with E-state index >= 15 is 0 Å². The lowest BCUT2D eigenvalue weighted by atomic mass is 10.3. The quantitative estimate of drug-likeness (QED) is 0.330. The van der Waals surface area contributed by atoms with Gasteiger partial charge in [0, 0.05) is 13.1 Å². The summed E-state index contributed by atoms with van der Waals surface area (Å²) < 4.78 is 0. The molecular formula is C6H15N3. The van der Waals surface area contributed by atoms with Crippen LogP contribution in [0.1, 0.15) is 20.3 Å². The van der Waals surface area contributed by atoms with Gasteiger partial charge >= 0.3 is 0 Å². The Kier molecular flexibility index (Phi) is 4.97. The maximum absolute atomic E-state index is 3.87. The summed E-state index contributed by atoms with van der Waals surface area (Å²) >= 11 is 0. The predicted octanol–water partition coefficient (Wildman–Crippen LogP) is 0.537. The van der Waals surface area contributed by atoms with Crippen LogP contribution in [0.4, 0.5) is 0 Å². The van der Waals surface area contributed by atoms with Crippen molar-refractivity contribution < 1.29 is 0 Å². The molecule has 0 heterocycles. The number of hydrogen-bond donors (Lipinski definition) is 2. The highest BCUT2D eigenvalue weighted by molar-refractivity contribution is 5.52. The summed E-state index contributed by atoms with van der Waals surface area (Å²) in [5.41, 5.74) is 2.94. The highest BCUT2D eigenvalue weighted by Crippen LogP contribution is 1.84. The molecule has 0 spiro atoms. The Labute approximate surface area is 56.5 Å². The molecule has 0 amide bonds. The molecule has 0 saturated heterocycles. The minimum absolute atomic E-state index is 0.467. The van der Waals surface area contributed by atoms with E-state index in [2.05, 4.69) is 29.7 Å². The number of hydrogen-bond acceptors (Lipinski definition) is 2. The molecule has 0 aromatic carbocycles. The molecule has 3 nitrogen and oxygen atoms in total. The maximum atomic E-state index is 3.87. The Morgan fingerprint density at radius 2 is 2.33 bits per heavy atom. The fraction of sp³-hybridized carbons (Fsp3) is 0.833. The van der Waals surface area contributed by atoms with E-state index in [9.17, 15) is 0 Å². The first kappa shape index (κ1) is 8.27. The van der Waals surface area contributed by atoms with E-state index in [-0.39, 0.29) is 0 Å². The van der Waals surface area contributed by atoms with Gasteiger partial charge in [0.15, 0.2) is 0 Å². The first-order valence-corrected chi connectivity index (χ1v) is 3.25. The van der Waals surface area contributed by atoms with Gasteiger partial charge in [0.1, 0.15) is 6.34 Å². The second kappa shape index (κ2) is 5.41. The molecule has 0 aromatic heterocycles. The molecule has 3 heteroatoms.